The van der Waals surface area contributed by atoms with Crippen LogP contribution in [0.15, 0.2) is 72.8 Å². The molecule has 6 heteroatoms. The van der Waals surface area contributed by atoms with Gasteiger partial charge in [0, 0.05) is 32.6 Å². The molecule has 1 saturated carbocycles. The van der Waals surface area contributed by atoms with Gasteiger partial charge in [0.15, 0.2) is 5.78 Å². The summed E-state index contributed by atoms with van der Waals surface area (Å²) in [5, 5.41) is 0.932. The van der Waals surface area contributed by atoms with E-state index in [9.17, 15) is 9.59 Å². The van der Waals surface area contributed by atoms with E-state index in [-0.39, 0.29) is 11.8 Å². The summed E-state index contributed by atoms with van der Waals surface area (Å²) in [6.07, 6.45) is 9.72. The lowest BCUT2D eigenvalue weighted by molar-refractivity contribution is 0.0734. The number of thiophene rings is 1. The van der Waals surface area contributed by atoms with Gasteiger partial charge in [0.25, 0.3) is 0 Å². The predicted octanol–water partition coefficient (Wildman–Crippen LogP) is 8.26. The Bertz CT molecular complexity index is 1480. The maximum absolute atomic E-state index is 14.0. The van der Waals surface area contributed by atoms with E-state index in [1.807, 2.05) is 54.6 Å². The number of ether oxygens (including phenoxy) is 2. The van der Waals surface area contributed by atoms with Gasteiger partial charge in [-0.3, -0.25) is 9.69 Å². The molecule has 0 atom stereocenters. The van der Waals surface area contributed by atoms with Crippen molar-refractivity contribution in [2.24, 2.45) is 0 Å². The number of hydrogen-bond acceptors (Lipinski definition) is 6. The number of hydrogen-bond donors (Lipinski definition) is 0. The molecule has 0 spiro atoms. The third-order valence-corrected chi connectivity index (χ3v) is 9.67. The predicted molar refractivity (Wildman–Crippen MR) is 165 cm³/mol. The standard InChI is InChI=1S/C35H37NO4S/c37-33(25-14-16-28(17-15-25)39-23-22-36-20-8-3-9-21-36)32-30-19-18-29(40-35(38)27-12-6-2-7-13-27)24-31(30)41-34(32)26-10-4-1-5-11-26/h2,6-7,12-19,24,26H,1,3-5,8-11,20-23H2. The molecule has 1 aliphatic carbocycles. The molecule has 1 aromatic heterocycles. The van der Waals surface area contributed by atoms with E-state index in [2.05, 4.69) is 4.90 Å². The summed E-state index contributed by atoms with van der Waals surface area (Å²) in [6.45, 7) is 3.91. The van der Waals surface area contributed by atoms with E-state index in [1.165, 1.54) is 38.5 Å². The molecule has 2 fully saturated rings. The Morgan fingerprint density at radius 2 is 1.49 bits per heavy atom. The quantitative estimate of drug-likeness (QED) is 0.116. The van der Waals surface area contributed by atoms with Crippen molar-refractivity contribution in [1.82, 2.24) is 4.90 Å². The first kappa shape index (κ1) is 27.7. The summed E-state index contributed by atoms with van der Waals surface area (Å²) >= 11 is 1.68. The molecule has 5 nitrogen and oxygen atoms in total. The molecule has 0 radical (unpaired) electrons. The highest BCUT2D eigenvalue weighted by Gasteiger charge is 2.27. The average Bonchev–Trinajstić information content (AvgIpc) is 3.41. The second kappa shape index (κ2) is 13.0. The molecule has 3 aromatic carbocycles. The summed E-state index contributed by atoms with van der Waals surface area (Å²) in [5.41, 5.74) is 1.98. The number of carbonyl (C=O) groups is 2. The van der Waals surface area contributed by atoms with Gasteiger partial charge in [-0.15, -0.1) is 11.3 Å². The zero-order chi connectivity index (χ0) is 28.0. The number of rotatable bonds is 9. The van der Waals surface area contributed by atoms with E-state index < -0.39 is 0 Å². The minimum atomic E-state index is -0.386. The van der Waals surface area contributed by atoms with Crippen LogP contribution in [0.4, 0.5) is 0 Å². The van der Waals surface area contributed by atoms with Crippen molar-refractivity contribution >= 4 is 33.2 Å². The monoisotopic (exact) mass is 567 g/mol. The molecule has 41 heavy (non-hydrogen) atoms. The minimum Gasteiger partial charge on any atom is -0.492 e. The molecule has 0 unspecified atom stereocenters. The van der Waals surface area contributed by atoms with Crippen molar-refractivity contribution in [2.75, 3.05) is 26.2 Å². The molecule has 2 aliphatic rings. The van der Waals surface area contributed by atoms with E-state index in [4.69, 9.17) is 9.47 Å². The maximum Gasteiger partial charge on any atom is 0.343 e. The second-order valence-electron chi connectivity index (χ2n) is 11.2. The molecule has 1 saturated heterocycles. The van der Waals surface area contributed by atoms with Crippen LogP contribution in [-0.2, 0) is 0 Å². The highest BCUT2D eigenvalue weighted by atomic mass is 32.1. The highest BCUT2D eigenvalue weighted by Crippen LogP contribution is 2.44. The highest BCUT2D eigenvalue weighted by molar-refractivity contribution is 7.19. The molecule has 0 bridgehead atoms. The van der Waals surface area contributed by atoms with Gasteiger partial charge < -0.3 is 9.47 Å². The van der Waals surface area contributed by atoms with Crippen molar-refractivity contribution < 1.29 is 19.1 Å². The van der Waals surface area contributed by atoms with Gasteiger partial charge in [0.2, 0.25) is 0 Å². The number of benzene rings is 3. The Morgan fingerprint density at radius 1 is 0.780 bits per heavy atom. The summed E-state index contributed by atoms with van der Waals surface area (Å²) in [7, 11) is 0. The van der Waals surface area contributed by atoms with Gasteiger partial charge in [-0.25, -0.2) is 4.79 Å². The van der Waals surface area contributed by atoms with Crippen LogP contribution in [0.25, 0.3) is 10.1 Å². The van der Waals surface area contributed by atoms with E-state index >= 15 is 0 Å². The Labute approximate surface area is 246 Å². The smallest absolute Gasteiger partial charge is 0.343 e. The summed E-state index contributed by atoms with van der Waals surface area (Å²) < 4.78 is 12.7. The van der Waals surface area contributed by atoms with Crippen molar-refractivity contribution in [3.63, 3.8) is 0 Å². The molecule has 4 aromatic rings. The van der Waals surface area contributed by atoms with Crippen LogP contribution in [0.5, 0.6) is 11.5 Å². The minimum absolute atomic E-state index is 0.0470. The fraction of sp³-hybridized carbons (Fsp3) is 0.371. The Kier molecular flexibility index (Phi) is 8.78. The average molecular weight is 568 g/mol. The summed E-state index contributed by atoms with van der Waals surface area (Å²) in [5.74, 6) is 1.33. The zero-order valence-electron chi connectivity index (χ0n) is 23.5. The SMILES string of the molecule is O=C(Oc1ccc2c(C(=O)c3ccc(OCCN4CCCCC4)cc3)c(C3CCCCC3)sc2c1)c1ccccc1. The van der Waals surface area contributed by atoms with Gasteiger partial charge in [-0.2, -0.15) is 0 Å². The Morgan fingerprint density at radius 3 is 2.24 bits per heavy atom. The van der Waals surface area contributed by atoms with Crippen LogP contribution in [0.3, 0.4) is 0 Å². The molecule has 0 N–H and O–H groups in total. The number of nitrogens with zero attached hydrogens (tertiary/aromatic N) is 1. The van der Waals surface area contributed by atoms with Crippen molar-refractivity contribution in [1.29, 1.82) is 0 Å². The molecule has 212 valence electrons. The fourth-order valence-corrected chi connectivity index (χ4v) is 7.51. The van der Waals surface area contributed by atoms with Gasteiger partial charge in [-0.1, -0.05) is 43.9 Å². The van der Waals surface area contributed by atoms with Crippen LogP contribution >= 0.6 is 11.3 Å². The first-order valence-corrected chi connectivity index (χ1v) is 15.8. The fourth-order valence-electron chi connectivity index (χ4n) is 6.11. The van der Waals surface area contributed by atoms with E-state index in [0.717, 1.165) is 58.8 Å². The van der Waals surface area contributed by atoms with Gasteiger partial charge in [0.05, 0.1) is 5.56 Å². The van der Waals surface area contributed by atoms with Crippen LogP contribution in [-0.4, -0.2) is 42.9 Å². The number of ketones is 1. The van der Waals surface area contributed by atoms with Gasteiger partial charge in [0.1, 0.15) is 18.1 Å². The van der Waals surface area contributed by atoms with E-state index in [0.29, 0.717) is 29.4 Å². The zero-order valence-corrected chi connectivity index (χ0v) is 24.3. The lowest BCUT2D eigenvalue weighted by atomic mass is 9.85. The first-order valence-electron chi connectivity index (χ1n) is 15.0. The Balaban J connectivity index is 1.22. The number of fused-ring (bicyclic) bond motifs is 1. The normalized spacial score (nSPS) is 16.5. The van der Waals surface area contributed by atoms with Crippen molar-refractivity contribution in [3.8, 4) is 11.5 Å². The summed E-state index contributed by atoms with van der Waals surface area (Å²) in [4.78, 5) is 30.3. The van der Waals surface area contributed by atoms with Gasteiger partial charge in [-0.05, 0) is 99.3 Å². The molecule has 6 rings (SSSR count). The molecular formula is C35H37NO4S. The first-order chi connectivity index (χ1) is 20.2. The topological polar surface area (TPSA) is 55.8 Å². The molecule has 0 amide bonds. The van der Waals surface area contributed by atoms with Gasteiger partial charge >= 0.3 is 5.97 Å². The maximum atomic E-state index is 14.0. The Hall–Kier alpha value is -3.48. The lowest BCUT2D eigenvalue weighted by Gasteiger charge is -2.26. The number of likely N-dealkylation sites (tertiary alicyclic amines) is 1. The van der Waals surface area contributed by atoms with Crippen LogP contribution in [0.1, 0.15) is 88.4 Å². The van der Waals surface area contributed by atoms with Crippen LogP contribution in [0.2, 0.25) is 0 Å². The third kappa shape index (κ3) is 6.55. The third-order valence-electron chi connectivity index (χ3n) is 8.35. The van der Waals surface area contributed by atoms with Crippen LogP contribution < -0.4 is 9.47 Å². The van der Waals surface area contributed by atoms with Crippen LogP contribution in [0, 0.1) is 0 Å². The number of carbonyl (C=O) groups excluding carboxylic acids is 2. The molecular weight excluding hydrogens is 530 g/mol. The number of piperidine rings is 1. The largest absolute Gasteiger partial charge is 0.492 e. The second-order valence-corrected chi connectivity index (χ2v) is 12.3. The summed E-state index contributed by atoms with van der Waals surface area (Å²) in [6, 6.07) is 22.3. The number of esters is 1. The molecule has 1 aliphatic heterocycles. The molecule has 2 heterocycles. The van der Waals surface area contributed by atoms with E-state index in [1.54, 1.807) is 29.5 Å². The van der Waals surface area contributed by atoms with Crippen molar-refractivity contribution in [3.05, 3.63) is 94.4 Å². The lowest BCUT2D eigenvalue weighted by Crippen LogP contribution is -2.33. The van der Waals surface area contributed by atoms with Crippen molar-refractivity contribution in [2.45, 2.75) is 57.3 Å².